The van der Waals surface area contributed by atoms with Crippen LogP contribution in [0.15, 0.2) is 0 Å². The summed E-state index contributed by atoms with van der Waals surface area (Å²) in [7, 11) is 2.12. The van der Waals surface area contributed by atoms with Gasteiger partial charge in [0.2, 0.25) is 5.91 Å². The Morgan fingerprint density at radius 3 is 2.52 bits per heavy atom. The van der Waals surface area contributed by atoms with Gasteiger partial charge in [-0.3, -0.25) is 14.5 Å². The summed E-state index contributed by atoms with van der Waals surface area (Å²) in [5.74, 6) is 0.726. The van der Waals surface area contributed by atoms with Crippen molar-refractivity contribution in [3.8, 4) is 0 Å². The molecule has 7 nitrogen and oxygen atoms in total. The lowest BCUT2D eigenvalue weighted by molar-refractivity contribution is -0.135. The first-order chi connectivity index (χ1) is 13.9. The van der Waals surface area contributed by atoms with Crippen LogP contribution in [-0.2, 0) is 9.59 Å². The molecular formula is C21H36N4O3S. The maximum absolute atomic E-state index is 13.5. The molecule has 3 fully saturated rings. The number of nitrogens with one attached hydrogen (secondary N) is 1. The number of hydrogen-bond donors (Lipinski definition) is 1. The molecule has 0 aromatic heterocycles. The van der Waals surface area contributed by atoms with Gasteiger partial charge in [0.25, 0.3) is 5.91 Å². The highest BCUT2D eigenvalue weighted by Crippen LogP contribution is 2.37. The van der Waals surface area contributed by atoms with Gasteiger partial charge in [0.05, 0.1) is 5.75 Å². The Kier molecular flexibility index (Phi) is 7.48. The Labute approximate surface area is 178 Å². The first-order valence-electron chi connectivity index (χ1n) is 11.0. The second kappa shape index (κ2) is 9.69. The minimum atomic E-state index is -0.790. The zero-order valence-corrected chi connectivity index (χ0v) is 18.9. The highest BCUT2D eigenvalue weighted by atomic mass is 32.2. The highest BCUT2D eigenvalue weighted by molar-refractivity contribution is 7.99. The molecule has 3 saturated heterocycles. The van der Waals surface area contributed by atoms with Crippen molar-refractivity contribution >= 4 is 29.6 Å². The molecular weight excluding hydrogens is 388 g/mol. The Bertz CT molecular complexity index is 623. The lowest BCUT2D eigenvalue weighted by Gasteiger charge is -2.41. The van der Waals surface area contributed by atoms with E-state index in [0.717, 1.165) is 38.6 Å². The molecule has 3 aliphatic rings. The monoisotopic (exact) mass is 424 g/mol. The van der Waals surface area contributed by atoms with E-state index >= 15 is 0 Å². The number of carbonyl (C=O) groups excluding carboxylic acids is 3. The maximum Gasteiger partial charge on any atom is 0.325 e. The van der Waals surface area contributed by atoms with E-state index in [1.807, 2.05) is 11.2 Å². The number of likely N-dealkylation sites (tertiary alicyclic amines) is 2. The van der Waals surface area contributed by atoms with Gasteiger partial charge >= 0.3 is 6.03 Å². The second-order valence-corrected chi connectivity index (χ2v) is 9.63. The summed E-state index contributed by atoms with van der Waals surface area (Å²) in [5, 5.41) is 3.11. The van der Waals surface area contributed by atoms with Gasteiger partial charge in [-0.1, -0.05) is 13.3 Å². The van der Waals surface area contributed by atoms with Crippen molar-refractivity contribution in [1.82, 2.24) is 20.0 Å². The number of piperidine rings is 1. The third kappa shape index (κ3) is 4.58. The molecule has 3 rings (SSSR count). The van der Waals surface area contributed by atoms with Gasteiger partial charge in [-0.15, -0.1) is 0 Å². The number of rotatable bonds is 8. The second-order valence-electron chi connectivity index (χ2n) is 8.76. The predicted octanol–water partition coefficient (Wildman–Crippen LogP) is 2.16. The Hall–Kier alpha value is -1.28. The van der Waals surface area contributed by atoms with E-state index in [9.17, 15) is 14.4 Å². The summed E-state index contributed by atoms with van der Waals surface area (Å²) < 4.78 is 0. The molecule has 0 unspecified atom stereocenters. The van der Waals surface area contributed by atoms with Gasteiger partial charge < -0.3 is 15.1 Å². The third-order valence-corrected chi connectivity index (χ3v) is 7.55. The minimum Gasteiger partial charge on any atom is -0.342 e. The average Bonchev–Trinajstić information content (AvgIpc) is 3.22. The van der Waals surface area contributed by atoms with Crippen molar-refractivity contribution in [3.05, 3.63) is 0 Å². The Balaban J connectivity index is 1.65. The molecule has 2 atom stereocenters. The standard InChI is InChI=1S/C21H36N4O3S/c1-4-10-21(16-7-12-24(13-8-16)18(26)15-29-3)19(27)25(20(28)22-21)14-9-17-6-5-11-23(17)2/h16-17H,4-15H2,1-3H3,(H,22,28)/t17-,21+/m1/s1. The summed E-state index contributed by atoms with van der Waals surface area (Å²) in [5.41, 5.74) is -0.790. The molecule has 0 aromatic rings. The van der Waals surface area contributed by atoms with Crippen LogP contribution in [0.1, 0.15) is 51.9 Å². The molecule has 1 N–H and O–H groups in total. The normalized spacial score (nSPS) is 29.0. The average molecular weight is 425 g/mol. The van der Waals surface area contributed by atoms with Crippen molar-refractivity contribution in [2.75, 3.05) is 45.2 Å². The lowest BCUT2D eigenvalue weighted by atomic mass is 9.74. The zero-order chi connectivity index (χ0) is 21.0. The molecule has 0 radical (unpaired) electrons. The third-order valence-electron chi connectivity index (χ3n) is 7.02. The van der Waals surface area contributed by atoms with Crippen LogP contribution < -0.4 is 5.32 Å². The minimum absolute atomic E-state index is 0.0427. The fourth-order valence-electron chi connectivity index (χ4n) is 5.35. The summed E-state index contributed by atoms with van der Waals surface area (Å²) in [6.07, 6.45) is 8.16. The van der Waals surface area contributed by atoms with Gasteiger partial charge in [-0.25, -0.2) is 4.79 Å². The fourth-order valence-corrected chi connectivity index (χ4v) is 5.78. The fraction of sp³-hybridized carbons (Fsp3) is 0.857. The zero-order valence-electron chi connectivity index (χ0n) is 18.1. The van der Waals surface area contributed by atoms with E-state index in [0.29, 0.717) is 37.8 Å². The number of carbonyl (C=O) groups is 3. The van der Waals surface area contributed by atoms with Gasteiger partial charge in [-0.05, 0) is 64.3 Å². The lowest BCUT2D eigenvalue weighted by Crippen LogP contribution is -2.56. The maximum atomic E-state index is 13.5. The van der Waals surface area contributed by atoms with Crippen LogP contribution >= 0.6 is 11.8 Å². The molecule has 8 heteroatoms. The van der Waals surface area contributed by atoms with Crippen LogP contribution in [0.3, 0.4) is 0 Å². The summed E-state index contributed by atoms with van der Waals surface area (Å²) in [6.45, 7) is 5.00. The van der Waals surface area contributed by atoms with E-state index in [4.69, 9.17) is 0 Å². The Morgan fingerprint density at radius 2 is 1.93 bits per heavy atom. The molecule has 3 aliphatic heterocycles. The van der Waals surface area contributed by atoms with Gasteiger partial charge in [-0.2, -0.15) is 11.8 Å². The summed E-state index contributed by atoms with van der Waals surface area (Å²) >= 11 is 1.54. The number of imide groups is 1. The van der Waals surface area contributed by atoms with Gasteiger partial charge in [0.1, 0.15) is 5.54 Å². The van der Waals surface area contributed by atoms with Crippen molar-refractivity contribution in [1.29, 1.82) is 0 Å². The first kappa shape index (κ1) is 22.4. The molecule has 0 aromatic carbocycles. The highest BCUT2D eigenvalue weighted by Gasteiger charge is 2.55. The number of thioether (sulfide) groups is 1. The van der Waals surface area contributed by atoms with Crippen molar-refractivity contribution in [2.24, 2.45) is 5.92 Å². The molecule has 164 valence electrons. The number of hydrogen-bond acceptors (Lipinski definition) is 5. The first-order valence-corrected chi connectivity index (χ1v) is 12.4. The SMILES string of the molecule is CCC[C@@]1(C2CCN(C(=O)CSC)CC2)NC(=O)N(CC[C@H]2CCCN2C)C1=O. The van der Waals surface area contributed by atoms with Crippen molar-refractivity contribution in [3.63, 3.8) is 0 Å². The van der Waals surface area contributed by atoms with Crippen LogP contribution in [0.2, 0.25) is 0 Å². The largest absolute Gasteiger partial charge is 0.342 e. The summed E-state index contributed by atoms with van der Waals surface area (Å²) in [6, 6.07) is 0.229. The number of amides is 4. The molecule has 0 aliphatic carbocycles. The van der Waals surface area contributed by atoms with Crippen LogP contribution in [0.25, 0.3) is 0 Å². The van der Waals surface area contributed by atoms with Crippen LogP contribution in [0.4, 0.5) is 4.79 Å². The van der Waals surface area contributed by atoms with Crippen LogP contribution in [-0.4, -0.2) is 89.4 Å². The molecule has 4 amide bonds. The van der Waals surface area contributed by atoms with E-state index in [-0.39, 0.29) is 23.8 Å². The molecule has 29 heavy (non-hydrogen) atoms. The van der Waals surface area contributed by atoms with Crippen LogP contribution in [0.5, 0.6) is 0 Å². The van der Waals surface area contributed by atoms with Crippen LogP contribution in [0, 0.1) is 5.92 Å². The molecule has 0 bridgehead atoms. The van der Waals surface area contributed by atoms with E-state index in [1.54, 1.807) is 11.8 Å². The van der Waals surface area contributed by atoms with Gasteiger partial charge in [0.15, 0.2) is 0 Å². The number of urea groups is 1. The van der Waals surface area contributed by atoms with E-state index in [2.05, 4.69) is 24.2 Å². The number of nitrogens with zero attached hydrogens (tertiary/aromatic N) is 3. The van der Waals surface area contributed by atoms with E-state index in [1.165, 1.54) is 11.3 Å². The predicted molar refractivity (Wildman–Crippen MR) is 116 cm³/mol. The molecule has 3 heterocycles. The topological polar surface area (TPSA) is 73.0 Å². The smallest absolute Gasteiger partial charge is 0.325 e. The Morgan fingerprint density at radius 1 is 1.21 bits per heavy atom. The summed E-state index contributed by atoms with van der Waals surface area (Å²) in [4.78, 5) is 44.1. The van der Waals surface area contributed by atoms with Crippen molar-refractivity contribution < 1.29 is 14.4 Å². The molecule has 0 spiro atoms. The van der Waals surface area contributed by atoms with E-state index < -0.39 is 5.54 Å². The van der Waals surface area contributed by atoms with Crippen molar-refractivity contribution in [2.45, 2.75) is 63.5 Å². The quantitative estimate of drug-likeness (QED) is 0.605. The molecule has 0 saturated carbocycles. The van der Waals surface area contributed by atoms with Gasteiger partial charge in [0, 0.05) is 25.7 Å².